The van der Waals surface area contributed by atoms with E-state index >= 15 is 0 Å². The molecular weight excluding hydrogens is 437 g/mol. The summed E-state index contributed by atoms with van der Waals surface area (Å²) in [6.45, 7) is 4.59. The fraction of sp³-hybridized carbons (Fsp3) is 0.500. The molecule has 2 fully saturated rings. The zero-order chi connectivity index (χ0) is 23.6. The Kier molecular flexibility index (Phi) is 6.52. The van der Waals surface area contributed by atoms with Crippen LogP contribution in [0.1, 0.15) is 43.5 Å². The predicted molar refractivity (Wildman–Crippen MR) is 114 cm³/mol. The second-order valence-electron chi connectivity index (χ2n) is 9.16. The standard InChI is InChI=1S/C24H27F3N2O4/c1-15(21-8-7-18(10-28-21)33-14-24(25,26)27)29-22(30)20-9-19(20)16-3-5-17(6-4-16)32-13-23(2)11-31-12-23/h3-8,10,15,19-20H,9,11-14H2,1-2H3,(H,29,30)/t15-,19?,20?/m1/s1. The number of ether oxygens (including phenoxy) is 3. The fourth-order valence-corrected chi connectivity index (χ4v) is 3.75. The van der Waals surface area contributed by atoms with Gasteiger partial charge in [0, 0.05) is 11.3 Å². The average Bonchev–Trinajstić information content (AvgIpc) is 3.56. The normalized spacial score (nSPS) is 22.1. The molecule has 2 unspecified atom stereocenters. The van der Waals surface area contributed by atoms with Crippen LogP contribution in [0.4, 0.5) is 13.2 Å². The van der Waals surface area contributed by atoms with Gasteiger partial charge in [-0.05, 0) is 49.1 Å². The van der Waals surface area contributed by atoms with Crippen molar-refractivity contribution in [3.63, 3.8) is 0 Å². The molecule has 1 N–H and O–H groups in total. The van der Waals surface area contributed by atoms with Crippen molar-refractivity contribution >= 4 is 5.91 Å². The monoisotopic (exact) mass is 464 g/mol. The highest BCUT2D eigenvalue weighted by atomic mass is 19.4. The number of aromatic nitrogens is 1. The van der Waals surface area contributed by atoms with Gasteiger partial charge in [-0.3, -0.25) is 9.78 Å². The number of rotatable bonds is 9. The molecule has 1 saturated carbocycles. The highest BCUT2D eigenvalue weighted by Gasteiger charge is 2.44. The largest absolute Gasteiger partial charge is 0.493 e. The van der Waals surface area contributed by atoms with Gasteiger partial charge in [0.1, 0.15) is 11.5 Å². The van der Waals surface area contributed by atoms with Crippen molar-refractivity contribution in [2.24, 2.45) is 11.3 Å². The SMILES string of the molecule is C[C@@H](NC(=O)C1CC1c1ccc(OCC2(C)COC2)cc1)c1ccc(OCC(F)(F)F)cn1. The predicted octanol–water partition coefficient (Wildman–Crippen LogP) is 4.42. The minimum Gasteiger partial charge on any atom is -0.493 e. The second kappa shape index (κ2) is 9.21. The zero-order valence-electron chi connectivity index (χ0n) is 18.5. The molecule has 6 nitrogen and oxygen atoms in total. The number of pyridine rings is 1. The summed E-state index contributed by atoms with van der Waals surface area (Å²) < 4.78 is 52.5. The average molecular weight is 464 g/mol. The number of halogens is 3. The first kappa shape index (κ1) is 23.4. The van der Waals surface area contributed by atoms with Gasteiger partial charge in [0.2, 0.25) is 5.91 Å². The summed E-state index contributed by atoms with van der Waals surface area (Å²) in [5.74, 6) is 0.815. The zero-order valence-corrected chi connectivity index (χ0v) is 18.5. The Morgan fingerprint density at radius 3 is 2.45 bits per heavy atom. The summed E-state index contributed by atoms with van der Waals surface area (Å²) >= 11 is 0. The Labute approximate surface area is 190 Å². The third kappa shape index (κ3) is 6.16. The minimum absolute atomic E-state index is 0.0272. The highest BCUT2D eigenvalue weighted by Crippen LogP contribution is 2.48. The van der Waals surface area contributed by atoms with E-state index in [1.807, 2.05) is 24.3 Å². The summed E-state index contributed by atoms with van der Waals surface area (Å²) in [6, 6.07) is 10.5. The van der Waals surface area contributed by atoms with Crippen molar-refractivity contribution < 1.29 is 32.2 Å². The maximum Gasteiger partial charge on any atom is 0.422 e. The van der Waals surface area contributed by atoms with Gasteiger partial charge < -0.3 is 19.5 Å². The van der Waals surface area contributed by atoms with Crippen LogP contribution in [0.15, 0.2) is 42.6 Å². The number of hydrogen-bond acceptors (Lipinski definition) is 5. The van der Waals surface area contributed by atoms with Gasteiger partial charge in [-0.1, -0.05) is 19.1 Å². The maximum absolute atomic E-state index is 12.6. The molecule has 0 radical (unpaired) electrons. The minimum atomic E-state index is -4.40. The first-order valence-electron chi connectivity index (χ1n) is 10.9. The van der Waals surface area contributed by atoms with Gasteiger partial charge in [0.05, 0.1) is 37.8 Å². The fourth-order valence-electron chi connectivity index (χ4n) is 3.75. The number of benzene rings is 1. The molecule has 1 aromatic heterocycles. The summed E-state index contributed by atoms with van der Waals surface area (Å²) in [5, 5.41) is 2.94. The van der Waals surface area contributed by atoms with Gasteiger partial charge >= 0.3 is 6.18 Å². The number of carbonyl (C=O) groups excluding carboxylic acids is 1. The molecule has 178 valence electrons. The van der Waals surface area contributed by atoms with Crippen molar-refractivity contribution in [3.05, 3.63) is 53.9 Å². The van der Waals surface area contributed by atoms with Gasteiger partial charge in [0.15, 0.2) is 6.61 Å². The summed E-state index contributed by atoms with van der Waals surface area (Å²) in [4.78, 5) is 16.8. The Morgan fingerprint density at radius 2 is 1.88 bits per heavy atom. The first-order chi connectivity index (χ1) is 15.6. The molecule has 0 bridgehead atoms. The number of amides is 1. The van der Waals surface area contributed by atoms with E-state index in [2.05, 4.69) is 22.0 Å². The lowest BCUT2D eigenvalue weighted by atomic mass is 9.90. The molecule has 2 heterocycles. The number of nitrogens with zero attached hydrogens (tertiary/aromatic N) is 1. The molecule has 1 aliphatic heterocycles. The Balaban J connectivity index is 1.24. The number of nitrogens with one attached hydrogen (secondary N) is 1. The molecular formula is C24H27F3N2O4. The first-order valence-corrected chi connectivity index (χ1v) is 10.9. The Bertz CT molecular complexity index is 959. The smallest absolute Gasteiger partial charge is 0.422 e. The third-order valence-electron chi connectivity index (χ3n) is 5.89. The third-order valence-corrected chi connectivity index (χ3v) is 5.89. The lowest BCUT2D eigenvalue weighted by molar-refractivity contribution is -0.153. The van der Waals surface area contributed by atoms with Crippen molar-refractivity contribution in [1.29, 1.82) is 0 Å². The van der Waals surface area contributed by atoms with Crippen molar-refractivity contribution in [2.45, 2.75) is 38.4 Å². The van der Waals surface area contributed by atoms with E-state index in [4.69, 9.17) is 9.47 Å². The molecule has 1 amide bonds. The van der Waals surface area contributed by atoms with Crippen LogP contribution in [-0.2, 0) is 9.53 Å². The Morgan fingerprint density at radius 1 is 1.18 bits per heavy atom. The van der Waals surface area contributed by atoms with Crippen LogP contribution in [0, 0.1) is 11.3 Å². The van der Waals surface area contributed by atoms with E-state index in [1.54, 1.807) is 13.0 Å². The molecule has 2 aliphatic rings. The lowest BCUT2D eigenvalue weighted by Gasteiger charge is -2.37. The van der Waals surface area contributed by atoms with Gasteiger partial charge in [-0.2, -0.15) is 13.2 Å². The van der Waals surface area contributed by atoms with Gasteiger partial charge in [0.25, 0.3) is 0 Å². The molecule has 1 aromatic carbocycles. The van der Waals surface area contributed by atoms with Crippen LogP contribution in [0.25, 0.3) is 0 Å². The van der Waals surface area contributed by atoms with Crippen molar-refractivity contribution in [3.8, 4) is 11.5 Å². The molecule has 1 aliphatic carbocycles. The Hall–Kier alpha value is -2.81. The molecule has 0 spiro atoms. The molecule has 2 aromatic rings. The topological polar surface area (TPSA) is 69.7 Å². The van der Waals surface area contributed by atoms with E-state index in [9.17, 15) is 18.0 Å². The van der Waals surface area contributed by atoms with E-state index in [1.165, 1.54) is 12.3 Å². The highest BCUT2D eigenvalue weighted by molar-refractivity contribution is 5.83. The lowest BCUT2D eigenvalue weighted by Crippen LogP contribution is -2.44. The summed E-state index contributed by atoms with van der Waals surface area (Å²) in [7, 11) is 0. The van der Waals surface area contributed by atoms with Crippen molar-refractivity contribution in [1.82, 2.24) is 10.3 Å². The van der Waals surface area contributed by atoms with E-state index < -0.39 is 12.8 Å². The number of carbonyl (C=O) groups is 1. The van der Waals surface area contributed by atoms with Crippen LogP contribution >= 0.6 is 0 Å². The molecule has 9 heteroatoms. The van der Waals surface area contributed by atoms with Crippen LogP contribution in [-0.4, -0.2) is 43.5 Å². The van der Waals surface area contributed by atoms with E-state index in [0.717, 1.165) is 17.7 Å². The summed E-state index contributed by atoms with van der Waals surface area (Å²) in [5.41, 5.74) is 1.73. The molecule has 1 saturated heterocycles. The van der Waals surface area contributed by atoms with Crippen LogP contribution in [0.5, 0.6) is 11.5 Å². The van der Waals surface area contributed by atoms with Crippen molar-refractivity contribution in [2.75, 3.05) is 26.4 Å². The van der Waals surface area contributed by atoms with E-state index in [-0.39, 0.29) is 34.9 Å². The van der Waals surface area contributed by atoms with Gasteiger partial charge in [-0.25, -0.2) is 0 Å². The van der Waals surface area contributed by atoms with Crippen LogP contribution in [0.3, 0.4) is 0 Å². The molecule has 33 heavy (non-hydrogen) atoms. The van der Waals surface area contributed by atoms with E-state index in [0.29, 0.717) is 25.5 Å². The van der Waals surface area contributed by atoms with Gasteiger partial charge in [-0.15, -0.1) is 0 Å². The molecule has 3 atom stereocenters. The summed E-state index contributed by atoms with van der Waals surface area (Å²) in [6.07, 6.45) is -2.41. The second-order valence-corrected chi connectivity index (χ2v) is 9.16. The van der Waals surface area contributed by atoms with Crippen LogP contribution in [0.2, 0.25) is 0 Å². The van der Waals surface area contributed by atoms with Crippen LogP contribution < -0.4 is 14.8 Å². The quantitative estimate of drug-likeness (QED) is 0.595. The number of hydrogen-bond donors (Lipinski definition) is 1. The molecule has 4 rings (SSSR count). The maximum atomic E-state index is 12.6. The number of alkyl halides is 3.